The standard InChI is InChI=1S/C29H26O7/c1-5-34-22-12-15-27-24(17-22)28(18(2)35-27)29(31)36-20-9-6-19(7-10-20)8-13-25(30)23-16-21(32-3)11-14-26(23)33-4/h6-17H,5H2,1-4H3. The molecule has 0 unspecified atom stereocenters. The Balaban J connectivity index is 1.48. The predicted octanol–water partition coefficient (Wildman–Crippen LogP) is 6.27. The van der Waals surface area contributed by atoms with E-state index in [0.717, 1.165) is 5.56 Å². The number of carbonyl (C=O) groups excluding carboxylic acids is 2. The van der Waals surface area contributed by atoms with Crippen molar-refractivity contribution >= 4 is 28.8 Å². The van der Waals surface area contributed by atoms with E-state index in [1.807, 2.05) is 6.92 Å². The molecule has 0 spiro atoms. The summed E-state index contributed by atoms with van der Waals surface area (Å²) in [6.07, 6.45) is 3.13. The summed E-state index contributed by atoms with van der Waals surface area (Å²) in [5.74, 6) is 1.76. The molecule has 7 nitrogen and oxygen atoms in total. The van der Waals surface area contributed by atoms with Crippen LogP contribution in [0.3, 0.4) is 0 Å². The molecule has 0 fully saturated rings. The topological polar surface area (TPSA) is 84.2 Å². The molecular weight excluding hydrogens is 460 g/mol. The van der Waals surface area contributed by atoms with Gasteiger partial charge in [-0.1, -0.05) is 18.2 Å². The third-order valence-corrected chi connectivity index (χ3v) is 5.54. The second-order valence-electron chi connectivity index (χ2n) is 7.85. The van der Waals surface area contributed by atoms with E-state index in [9.17, 15) is 9.59 Å². The minimum atomic E-state index is -0.525. The third kappa shape index (κ3) is 5.25. The van der Waals surface area contributed by atoms with Gasteiger partial charge < -0.3 is 23.4 Å². The number of hydrogen-bond acceptors (Lipinski definition) is 7. The Hall–Kier alpha value is -4.52. The van der Waals surface area contributed by atoms with Crippen LogP contribution in [0.5, 0.6) is 23.0 Å². The van der Waals surface area contributed by atoms with Crippen molar-refractivity contribution in [3.05, 3.63) is 89.2 Å². The number of methoxy groups -OCH3 is 2. The van der Waals surface area contributed by atoms with Crippen LogP contribution in [0.2, 0.25) is 0 Å². The van der Waals surface area contributed by atoms with Gasteiger partial charge in [0.1, 0.15) is 39.9 Å². The second kappa shape index (κ2) is 10.8. The van der Waals surface area contributed by atoms with E-state index in [1.165, 1.54) is 20.3 Å². The fourth-order valence-electron chi connectivity index (χ4n) is 3.78. The molecule has 0 aliphatic heterocycles. The molecule has 0 aliphatic carbocycles. The van der Waals surface area contributed by atoms with Gasteiger partial charge in [0.05, 0.1) is 26.4 Å². The van der Waals surface area contributed by atoms with Crippen molar-refractivity contribution in [2.24, 2.45) is 0 Å². The molecule has 0 saturated heterocycles. The molecule has 0 bridgehead atoms. The highest BCUT2D eigenvalue weighted by molar-refractivity contribution is 6.09. The van der Waals surface area contributed by atoms with Crippen LogP contribution in [-0.2, 0) is 0 Å². The van der Waals surface area contributed by atoms with E-state index >= 15 is 0 Å². The van der Waals surface area contributed by atoms with Gasteiger partial charge in [-0.15, -0.1) is 0 Å². The summed E-state index contributed by atoms with van der Waals surface area (Å²) in [4.78, 5) is 25.6. The Labute approximate surface area is 208 Å². The van der Waals surface area contributed by atoms with Crippen molar-refractivity contribution in [1.29, 1.82) is 0 Å². The van der Waals surface area contributed by atoms with Gasteiger partial charge in [0, 0.05) is 5.39 Å². The summed E-state index contributed by atoms with van der Waals surface area (Å²) >= 11 is 0. The molecule has 0 radical (unpaired) electrons. The predicted molar refractivity (Wildman–Crippen MR) is 136 cm³/mol. The van der Waals surface area contributed by atoms with E-state index in [0.29, 0.717) is 57.5 Å². The van der Waals surface area contributed by atoms with Gasteiger partial charge in [0.15, 0.2) is 5.78 Å². The lowest BCUT2D eigenvalue weighted by Crippen LogP contribution is -2.09. The number of aryl methyl sites for hydroxylation is 1. The molecule has 0 amide bonds. The molecule has 1 aromatic heterocycles. The van der Waals surface area contributed by atoms with Crippen molar-refractivity contribution < 1.29 is 33.0 Å². The van der Waals surface area contributed by atoms with Crippen molar-refractivity contribution in [3.8, 4) is 23.0 Å². The van der Waals surface area contributed by atoms with Crippen molar-refractivity contribution in [1.82, 2.24) is 0 Å². The van der Waals surface area contributed by atoms with Crippen LogP contribution >= 0.6 is 0 Å². The molecule has 4 aromatic rings. The number of esters is 1. The van der Waals surface area contributed by atoms with Crippen molar-refractivity contribution in [2.75, 3.05) is 20.8 Å². The number of furan rings is 1. The zero-order chi connectivity index (χ0) is 25.7. The average Bonchev–Trinajstić information content (AvgIpc) is 3.22. The molecule has 0 atom stereocenters. The molecule has 36 heavy (non-hydrogen) atoms. The van der Waals surface area contributed by atoms with Gasteiger partial charge in [0.2, 0.25) is 0 Å². The maximum Gasteiger partial charge on any atom is 0.347 e. The summed E-state index contributed by atoms with van der Waals surface area (Å²) in [6.45, 7) is 4.13. The SMILES string of the molecule is CCOc1ccc2oc(C)c(C(=O)Oc3ccc(C=CC(=O)c4cc(OC)ccc4OC)cc3)c2c1. The number of ketones is 1. The lowest BCUT2D eigenvalue weighted by Gasteiger charge is -2.08. The highest BCUT2D eigenvalue weighted by Gasteiger charge is 2.21. The Kier molecular flexibility index (Phi) is 7.39. The number of ether oxygens (including phenoxy) is 4. The first-order valence-corrected chi connectivity index (χ1v) is 11.4. The smallest absolute Gasteiger partial charge is 0.347 e. The van der Waals surface area contributed by atoms with E-state index in [4.69, 9.17) is 23.4 Å². The first kappa shape index (κ1) is 24.6. The van der Waals surface area contributed by atoms with Crippen molar-refractivity contribution in [2.45, 2.75) is 13.8 Å². The summed E-state index contributed by atoms with van der Waals surface area (Å²) in [7, 11) is 3.04. The highest BCUT2D eigenvalue weighted by atomic mass is 16.5. The highest BCUT2D eigenvalue weighted by Crippen LogP contribution is 2.30. The Morgan fingerprint density at radius 2 is 1.61 bits per heavy atom. The molecule has 0 saturated carbocycles. The molecular formula is C29H26O7. The van der Waals surface area contributed by atoms with E-state index in [-0.39, 0.29) is 5.78 Å². The fourth-order valence-corrected chi connectivity index (χ4v) is 3.78. The molecule has 3 aromatic carbocycles. The molecule has 1 heterocycles. The maximum absolute atomic E-state index is 12.9. The summed E-state index contributed by atoms with van der Waals surface area (Å²) < 4.78 is 27.3. The van der Waals surface area contributed by atoms with Crippen LogP contribution < -0.4 is 18.9 Å². The number of fused-ring (bicyclic) bond motifs is 1. The van der Waals surface area contributed by atoms with Gasteiger partial charge in [-0.25, -0.2) is 4.79 Å². The summed E-state index contributed by atoms with van der Waals surface area (Å²) in [5, 5.41) is 0.634. The van der Waals surface area contributed by atoms with Gasteiger partial charge in [-0.3, -0.25) is 4.79 Å². The van der Waals surface area contributed by atoms with E-state index < -0.39 is 5.97 Å². The van der Waals surface area contributed by atoms with Crippen molar-refractivity contribution in [3.63, 3.8) is 0 Å². The van der Waals surface area contributed by atoms with Gasteiger partial charge in [0.25, 0.3) is 0 Å². The Morgan fingerprint density at radius 1 is 0.889 bits per heavy atom. The van der Waals surface area contributed by atoms with Crippen LogP contribution in [0, 0.1) is 6.92 Å². The molecule has 7 heteroatoms. The number of benzene rings is 3. The Bertz CT molecular complexity index is 1430. The summed E-state index contributed by atoms with van der Waals surface area (Å²) in [6, 6.07) is 17.2. The minimum Gasteiger partial charge on any atom is -0.497 e. The first-order valence-electron chi connectivity index (χ1n) is 11.4. The second-order valence-corrected chi connectivity index (χ2v) is 7.85. The lowest BCUT2D eigenvalue weighted by molar-refractivity contribution is 0.0734. The van der Waals surface area contributed by atoms with Crippen LogP contribution in [0.25, 0.3) is 17.0 Å². The largest absolute Gasteiger partial charge is 0.497 e. The average molecular weight is 487 g/mol. The zero-order valence-corrected chi connectivity index (χ0v) is 20.5. The molecule has 4 rings (SSSR count). The molecule has 184 valence electrons. The maximum atomic E-state index is 12.9. The first-order chi connectivity index (χ1) is 17.4. The number of allylic oxidation sites excluding steroid dienone is 1. The van der Waals surface area contributed by atoms with Crippen LogP contribution in [0.1, 0.15) is 39.0 Å². The number of hydrogen-bond donors (Lipinski definition) is 0. The van der Waals surface area contributed by atoms with Crippen LogP contribution in [0.15, 0.2) is 71.2 Å². The van der Waals surface area contributed by atoms with Gasteiger partial charge in [-0.2, -0.15) is 0 Å². The summed E-state index contributed by atoms with van der Waals surface area (Å²) in [5.41, 5.74) is 2.10. The fraction of sp³-hybridized carbons (Fsp3) is 0.172. The van der Waals surface area contributed by atoms with E-state index in [1.54, 1.807) is 73.7 Å². The van der Waals surface area contributed by atoms with E-state index in [2.05, 4.69) is 0 Å². The van der Waals surface area contributed by atoms with Crippen LogP contribution in [-0.4, -0.2) is 32.6 Å². The third-order valence-electron chi connectivity index (χ3n) is 5.54. The van der Waals surface area contributed by atoms with Crippen LogP contribution in [0.4, 0.5) is 0 Å². The molecule has 0 aliphatic rings. The quantitative estimate of drug-likeness (QED) is 0.119. The number of rotatable bonds is 9. The lowest BCUT2D eigenvalue weighted by atomic mass is 10.1. The number of carbonyl (C=O) groups is 2. The molecule has 0 N–H and O–H groups in total. The minimum absolute atomic E-state index is 0.227. The zero-order valence-electron chi connectivity index (χ0n) is 20.5. The Morgan fingerprint density at radius 3 is 2.31 bits per heavy atom. The van der Waals surface area contributed by atoms with Gasteiger partial charge in [-0.05, 0) is 74.0 Å². The normalized spacial score (nSPS) is 11.0. The van der Waals surface area contributed by atoms with Gasteiger partial charge >= 0.3 is 5.97 Å². The monoisotopic (exact) mass is 486 g/mol.